The number of hydrogen-bond acceptors (Lipinski definition) is 5. The smallest absolute Gasteiger partial charge is 0.407 e. The summed E-state index contributed by atoms with van der Waals surface area (Å²) in [5.74, 6) is 4.91. The molecule has 152 valence electrons. The Morgan fingerprint density at radius 1 is 1.18 bits per heavy atom. The van der Waals surface area contributed by atoms with E-state index in [0.29, 0.717) is 5.56 Å². The lowest BCUT2D eigenvalue weighted by atomic mass is 10.1. The van der Waals surface area contributed by atoms with Gasteiger partial charge in [0, 0.05) is 24.1 Å². The maximum absolute atomic E-state index is 12.4. The predicted molar refractivity (Wildman–Crippen MR) is 106 cm³/mol. The molecule has 7 nitrogen and oxygen atoms in total. The van der Waals surface area contributed by atoms with Gasteiger partial charge in [-0.2, -0.15) is 0 Å². The molecule has 28 heavy (non-hydrogen) atoms. The Balaban J connectivity index is 2.73. The van der Waals surface area contributed by atoms with E-state index in [1.165, 1.54) is 0 Å². The Bertz CT molecular complexity index is 739. The monoisotopic (exact) mass is 388 g/mol. The number of amides is 2. The number of unbranched alkanes of at least 4 members (excludes halogenated alkanes) is 1. The van der Waals surface area contributed by atoms with Crippen LogP contribution in [0.15, 0.2) is 24.3 Å². The van der Waals surface area contributed by atoms with Gasteiger partial charge in [0.1, 0.15) is 18.2 Å². The topological polar surface area (TPSA) is 105 Å². The molecule has 0 fully saturated rings. The molecule has 1 rings (SSSR count). The maximum atomic E-state index is 12.4. The molecule has 0 aliphatic carbocycles. The number of carbonyl (C=O) groups excluding carboxylic acids is 3. The lowest BCUT2D eigenvalue weighted by Crippen LogP contribution is -2.50. The average molecular weight is 388 g/mol. The summed E-state index contributed by atoms with van der Waals surface area (Å²) in [5.41, 5.74) is 0.444. The Hall–Kier alpha value is -2.85. The second kappa shape index (κ2) is 11.1. The summed E-state index contributed by atoms with van der Waals surface area (Å²) in [4.78, 5) is 36.0. The molecule has 0 bridgehead atoms. The normalized spacial score (nSPS) is 11.6. The lowest BCUT2D eigenvalue weighted by Gasteiger charge is -2.22. The molecule has 2 amide bonds. The van der Waals surface area contributed by atoms with Crippen LogP contribution in [-0.4, -0.2) is 47.7 Å². The molecule has 0 unspecified atom stereocenters. The second-order valence-corrected chi connectivity index (χ2v) is 7.16. The van der Waals surface area contributed by atoms with Gasteiger partial charge in [-0.15, -0.1) is 0 Å². The number of rotatable bonds is 7. The van der Waals surface area contributed by atoms with Crippen LogP contribution < -0.4 is 10.6 Å². The molecular formula is C21H28N2O5. The van der Waals surface area contributed by atoms with Crippen LogP contribution in [0.3, 0.4) is 0 Å². The van der Waals surface area contributed by atoms with Crippen molar-refractivity contribution in [3.8, 4) is 11.8 Å². The van der Waals surface area contributed by atoms with E-state index in [1.54, 1.807) is 45.0 Å². The molecule has 1 aromatic rings. The van der Waals surface area contributed by atoms with Gasteiger partial charge in [-0.3, -0.25) is 9.59 Å². The van der Waals surface area contributed by atoms with Crippen molar-refractivity contribution in [2.75, 3.05) is 13.2 Å². The summed E-state index contributed by atoms with van der Waals surface area (Å²) < 4.78 is 5.10. The predicted octanol–water partition coefficient (Wildman–Crippen LogP) is 2.02. The van der Waals surface area contributed by atoms with Crippen LogP contribution >= 0.6 is 0 Å². The zero-order valence-electron chi connectivity index (χ0n) is 16.8. The van der Waals surface area contributed by atoms with E-state index in [9.17, 15) is 14.4 Å². The van der Waals surface area contributed by atoms with Crippen LogP contribution in [0, 0.1) is 11.8 Å². The first-order valence-electron chi connectivity index (χ1n) is 9.16. The minimum absolute atomic E-state index is 0.194. The zero-order chi connectivity index (χ0) is 21.2. The van der Waals surface area contributed by atoms with Crippen LogP contribution in [0.4, 0.5) is 4.79 Å². The number of aliphatic hydroxyl groups is 1. The molecule has 0 heterocycles. The first kappa shape index (κ1) is 23.2. The largest absolute Gasteiger partial charge is 0.444 e. The summed E-state index contributed by atoms with van der Waals surface area (Å²) in [6.45, 7) is 6.22. The van der Waals surface area contributed by atoms with Gasteiger partial charge in [-0.05, 0) is 51.5 Å². The van der Waals surface area contributed by atoms with Gasteiger partial charge < -0.3 is 20.5 Å². The number of carbonyl (C=O) groups is 3. The van der Waals surface area contributed by atoms with Crippen molar-refractivity contribution >= 4 is 17.8 Å². The molecule has 3 N–H and O–H groups in total. The van der Waals surface area contributed by atoms with Crippen molar-refractivity contribution in [2.45, 2.75) is 52.2 Å². The SMILES string of the molecule is CCCC#Cc1ccc(C(=O)N[C@@H](CNC(=O)OC(C)(C)C)C(=O)CO)cc1. The third-order valence-electron chi connectivity index (χ3n) is 3.45. The van der Waals surface area contributed by atoms with Gasteiger partial charge in [0.15, 0.2) is 5.78 Å². The molecule has 0 radical (unpaired) electrons. The number of ketones is 1. The highest BCUT2D eigenvalue weighted by Gasteiger charge is 2.23. The van der Waals surface area contributed by atoms with Crippen LogP contribution in [0.1, 0.15) is 56.5 Å². The van der Waals surface area contributed by atoms with Gasteiger partial charge >= 0.3 is 6.09 Å². The third-order valence-corrected chi connectivity index (χ3v) is 3.45. The summed E-state index contributed by atoms with van der Waals surface area (Å²) in [7, 11) is 0. The fraction of sp³-hybridized carbons (Fsp3) is 0.476. The van der Waals surface area contributed by atoms with E-state index < -0.39 is 36.0 Å². The molecule has 0 spiro atoms. The lowest BCUT2D eigenvalue weighted by molar-refractivity contribution is -0.123. The average Bonchev–Trinajstić information content (AvgIpc) is 2.63. The second-order valence-electron chi connectivity index (χ2n) is 7.16. The van der Waals surface area contributed by atoms with Crippen LogP contribution in [0.2, 0.25) is 0 Å². The van der Waals surface area contributed by atoms with Crippen molar-refractivity contribution in [2.24, 2.45) is 0 Å². The quantitative estimate of drug-likeness (QED) is 0.620. The highest BCUT2D eigenvalue weighted by molar-refractivity contribution is 5.98. The molecule has 0 aromatic heterocycles. The van der Waals surface area contributed by atoms with E-state index in [0.717, 1.165) is 18.4 Å². The van der Waals surface area contributed by atoms with Crippen LogP contribution in [0.5, 0.6) is 0 Å². The fourth-order valence-electron chi connectivity index (χ4n) is 2.09. The van der Waals surface area contributed by atoms with Gasteiger partial charge in [0.25, 0.3) is 5.91 Å². The van der Waals surface area contributed by atoms with E-state index in [2.05, 4.69) is 22.5 Å². The van der Waals surface area contributed by atoms with E-state index >= 15 is 0 Å². The van der Waals surface area contributed by atoms with Gasteiger partial charge in [-0.25, -0.2) is 4.79 Å². The molecule has 0 saturated heterocycles. The number of hydrogen-bond donors (Lipinski definition) is 3. The number of aliphatic hydroxyl groups excluding tert-OH is 1. The van der Waals surface area contributed by atoms with Crippen LogP contribution in [0.25, 0.3) is 0 Å². The van der Waals surface area contributed by atoms with E-state index in [1.807, 2.05) is 6.92 Å². The molecular weight excluding hydrogens is 360 g/mol. The van der Waals surface area contributed by atoms with E-state index in [4.69, 9.17) is 9.84 Å². The van der Waals surface area contributed by atoms with E-state index in [-0.39, 0.29) is 6.54 Å². The minimum atomic E-state index is -1.07. The summed E-state index contributed by atoms with van der Waals surface area (Å²) >= 11 is 0. The highest BCUT2D eigenvalue weighted by Crippen LogP contribution is 2.07. The maximum Gasteiger partial charge on any atom is 0.407 e. The van der Waals surface area contributed by atoms with Gasteiger partial charge in [-0.1, -0.05) is 18.8 Å². The summed E-state index contributed by atoms with van der Waals surface area (Å²) in [6.07, 6.45) is 1.07. The van der Waals surface area contributed by atoms with Crippen molar-refractivity contribution in [3.05, 3.63) is 35.4 Å². The highest BCUT2D eigenvalue weighted by atomic mass is 16.6. The zero-order valence-corrected chi connectivity index (χ0v) is 16.8. The standard InChI is InChI=1S/C21H28N2O5/c1-5-6-7-8-15-9-11-16(12-10-15)19(26)23-17(18(25)14-24)13-22-20(27)28-21(2,3)4/h9-12,17,24H,5-6,13-14H2,1-4H3,(H,22,27)(H,23,26)/t17-/m0/s1. The third kappa shape index (κ3) is 8.69. The van der Waals surface area contributed by atoms with Crippen molar-refractivity contribution in [1.82, 2.24) is 10.6 Å². The number of benzene rings is 1. The Labute approximate surface area is 165 Å². The van der Waals surface area contributed by atoms with Crippen molar-refractivity contribution < 1.29 is 24.2 Å². The number of Topliss-reactive ketones (excluding diaryl/α,β-unsaturated/α-hetero) is 1. The molecule has 0 saturated carbocycles. The van der Waals surface area contributed by atoms with Crippen molar-refractivity contribution in [1.29, 1.82) is 0 Å². The molecule has 0 aliphatic rings. The molecule has 1 aromatic carbocycles. The van der Waals surface area contributed by atoms with Gasteiger partial charge in [0.2, 0.25) is 0 Å². The molecule has 1 atom stereocenters. The minimum Gasteiger partial charge on any atom is -0.444 e. The first-order valence-corrected chi connectivity index (χ1v) is 9.16. The Kier molecular flexibility index (Phi) is 9.19. The summed E-state index contributed by atoms with van der Waals surface area (Å²) in [5, 5.41) is 14.1. The number of ether oxygens (including phenoxy) is 1. The van der Waals surface area contributed by atoms with Crippen molar-refractivity contribution in [3.63, 3.8) is 0 Å². The Morgan fingerprint density at radius 3 is 2.36 bits per heavy atom. The Morgan fingerprint density at radius 2 is 1.82 bits per heavy atom. The first-order chi connectivity index (χ1) is 13.2. The molecule has 7 heteroatoms. The summed E-state index contributed by atoms with van der Waals surface area (Å²) in [6, 6.07) is 5.58. The fourth-order valence-corrected chi connectivity index (χ4v) is 2.09. The van der Waals surface area contributed by atoms with Crippen LogP contribution in [-0.2, 0) is 9.53 Å². The molecule has 0 aliphatic heterocycles. The number of nitrogens with one attached hydrogen (secondary N) is 2. The van der Waals surface area contributed by atoms with Gasteiger partial charge in [0.05, 0.1) is 0 Å². The number of alkyl carbamates (subject to hydrolysis) is 1.